The molecule has 0 radical (unpaired) electrons. The molecule has 1 atom stereocenters. The van der Waals surface area contributed by atoms with Crippen molar-refractivity contribution >= 4 is 40.1 Å². The number of nitrogens with zero attached hydrogens (tertiary/aromatic N) is 1. The van der Waals surface area contributed by atoms with Gasteiger partial charge in [0.1, 0.15) is 11.4 Å². The van der Waals surface area contributed by atoms with Gasteiger partial charge in [-0.1, -0.05) is 28.9 Å². The third-order valence-corrected chi connectivity index (χ3v) is 4.59. The Balaban J connectivity index is 1.64. The number of anilines is 1. The summed E-state index contributed by atoms with van der Waals surface area (Å²) in [7, 11) is 1.47. The number of carbonyl (C=O) groups is 2. The summed E-state index contributed by atoms with van der Waals surface area (Å²) < 4.78 is 15.6. The molecule has 0 aliphatic rings. The van der Waals surface area contributed by atoms with E-state index in [0.29, 0.717) is 27.7 Å². The van der Waals surface area contributed by atoms with Gasteiger partial charge in [0.2, 0.25) is 0 Å². The molecule has 7 nitrogen and oxygen atoms in total. The number of methoxy groups -OCH3 is 1. The van der Waals surface area contributed by atoms with E-state index < -0.39 is 18.0 Å². The second-order valence-corrected chi connectivity index (χ2v) is 6.63. The number of nitrogens with one attached hydrogen (secondary N) is 1. The third kappa shape index (κ3) is 4.26. The average molecular weight is 403 g/mol. The number of fused-ring (bicyclic) bond motifs is 1. The summed E-state index contributed by atoms with van der Waals surface area (Å²) in [6.45, 7) is 3.30. The largest absolute Gasteiger partial charge is 0.495 e. The van der Waals surface area contributed by atoms with Crippen molar-refractivity contribution in [2.45, 2.75) is 26.4 Å². The highest BCUT2D eigenvalue weighted by Gasteiger charge is 2.21. The van der Waals surface area contributed by atoms with E-state index in [0.717, 1.165) is 10.9 Å². The van der Waals surface area contributed by atoms with Crippen molar-refractivity contribution in [1.82, 2.24) is 5.16 Å². The lowest BCUT2D eigenvalue weighted by Crippen LogP contribution is -2.30. The van der Waals surface area contributed by atoms with E-state index in [2.05, 4.69) is 10.5 Å². The lowest BCUT2D eigenvalue weighted by atomic mass is 10.2. The number of para-hydroxylation sites is 1. The van der Waals surface area contributed by atoms with Crippen LogP contribution in [0.15, 0.2) is 40.9 Å². The van der Waals surface area contributed by atoms with Gasteiger partial charge in [0.25, 0.3) is 5.91 Å². The molecule has 1 unspecified atom stereocenters. The minimum atomic E-state index is -1.01. The Morgan fingerprint density at radius 2 is 2.04 bits per heavy atom. The highest BCUT2D eigenvalue weighted by atomic mass is 35.5. The normalized spacial score (nSPS) is 11.9. The maximum Gasteiger partial charge on any atom is 0.312 e. The molecule has 3 rings (SSSR count). The van der Waals surface area contributed by atoms with Crippen molar-refractivity contribution in [3.8, 4) is 5.75 Å². The Bertz CT molecular complexity index is 1030. The fourth-order valence-electron chi connectivity index (χ4n) is 2.66. The Morgan fingerprint density at radius 1 is 1.29 bits per heavy atom. The van der Waals surface area contributed by atoms with Gasteiger partial charge in [-0.05, 0) is 37.6 Å². The number of carbonyl (C=O) groups excluding carboxylic acids is 2. The quantitative estimate of drug-likeness (QED) is 0.628. The highest BCUT2D eigenvalue weighted by molar-refractivity contribution is 6.31. The molecule has 0 spiro atoms. The van der Waals surface area contributed by atoms with Crippen molar-refractivity contribution < 1.29 is 23.6 Å². The molecule has 8 heteroatoms. The molecule has 3 aromatic rings. The molecule has 2 aromatic carbocycles. The fourth-order valence-corrected chi connectivity index (χ4v) is 2.81. The van der Waals surface area contributed by atoms with E-state index >= 15 is 0 Å². The highest BCUT2D eigenvalue weighted by Crippen LogP contribution is 2.31. The number of aromatic nitrogens is 1. The number of benzene rings is 2. The first-order chi connectivity index (χ1) is 13.4. The molecule has 1 N–H and O–H groups in total. The van der Waals surface area contributed by atoms with Gasteiger partial charge in [0, 0.05) is 16.5 Å². The van der Waals surface area contributed by atoms with Crippen LogP contribution >= 0.6 is 11.6 Å². The SMILES string of the molecule is COc1cc(Cl)c(C)cc1NC(=O)C(C)OC(=O)Cc1noc2ccccc12. The van der Waals surface area contributed by atoms with Crippen LogP contribution in [0.3, 0.4) is 0 Å². The molecule has 28 heavy (non-hydrogen) atoms. The first kappa shape index (κ1) is 19.7. The standard InChI is InChI=1S/C20H19ClN2O5/c1-11-8-16(18(26-3)9-14(11)21)22-20(25)12(2)27-19(24)10-15-13-6-4-5-7-17(13)28-23-15/h4-9,12H,10H2,1-3H3,(H,22,25). The maximum absolute atomic E-state index is 12.4. The zero-order valence-electron chi connectivity index (χ0n) is 15.6. The van der Waals surface area contributed by atoms with Gasteiger partial charge in [-0.25, -0.2) is 0 Å². The van der Waals surface area contributed by atoms with Crippen LogP contribution in [0.25, 0.3) is 11.0 Å². The van der Waals surface area contributed by atoms with Crippen LogP contribution in [0, 0.1) is 6.92 Å². The summed E-state index contributed by atoms with van der Waals surface area (Å²) >= 11 is 6.07. The van der Waals surface area contributed by atoms with Crippen LogP contribution in [0.2, 0.25) is 5.02 Å². The van der Waals surface area contributed by atoms with E-state index in [1.165, 1.54) is 14.0 Å². The van der Waals surface area contributed by atoms with Gasteiger partial charge in [0.15, 0.2) is 11.7 Å². The topological polar surface area (TPSA) is 90.7 Å². The average Bonchev–Trinajstić information content (AvgIpc) is 3.07. The Kier molecular flexibility index (Phi) is 5.84. The summed E-state index contributed by atoms with van der Waals surface area (Å²) in [5.41, 5.74) is 2.27. The van der Waals surface area contributed by atoms with Crippen molar-refractivity contribution in [2.24, 2.45) is 0 Å². The summed E-state index contributed by atoms with van der Waals surface area (Å²) in [6, 6.07) is 10.5. The van der Waals surface area contributed by atoms with Gasteiger partial charge in [-0.3, -0.25) is 9.59 Å². The minimum absolute atomic E-state index is 0.0992. The van der Waals surface area contributed by atoms with Crippen LogP contribution in [-0.2, 0) is 20.7 Å². The lowest BCUT2D eigenvalue weighted by molar-refractivity contribution is -0.152. The number of esters is 1. The predicted molar refractivity (Wildman–Crippen MR) is 105 cm³/mol. The summed E-state index contributed by atoms with van der Waals surface area (Å²) in [5, 5.41) is 7.84. The van der Waals surface area contributed by atoms with Gasteiger partial charge in [0.05, 0.1) is 19.2 Å². The van der Waals surface area contributed by atoms with Gasteiger partial charge >= 0.3 is 5.97 Å². The van der Waals surface area contributed by atoms with Crippen LogP contribution in [0.1, 0.15) is 18.2 Å². The Hall–Kier alpha value is -3.06. The minimum Gasteiger partial charge on any atom is -0.495 e. The van der Waals surface area contributed by atoms with Crippen molar-refractivity contribution in [3.05, 3.63) is 52.7 Å². The van der Waals surface area contributed by atoms with Crippen molar-refractivity contribution in [1.29, 1.82) is 0 Å². The molecule has 146 valence electrons. The number of halogens is 1. The number of hydrogen-bond donors (Lipinski definition) is 1. The van der Waals surface area contributed by atoms with Gasteiger partial charge in [-0.15, -0.1) is 0 Å². The zero-order chi connectivity index (χ0) is 20.3. The number of ether oxygens (including phenoxy) is 2. The molecule has 0 fully saturated rings. The Labute approximate surface area is 166 Å². The molecule has 1 amide bonds. The second-order valence-electron chi connectivity index (χ2n) is 6.23. The molecule has 0 saturated heterocycles. The van der Waals surface area contributed by atoms with Gasteiger partial charge in [-0.2, -0.15) is 0 Å². The Morgan fingerprint density at radius 3 is 2.79 bits per heavy atom. The second kappa shape index (κ2) is 8.31. The molecule has 1 heterocycles. The fraction of sp³-hybridized carbons (Fsp3) is 0.250. The smallest absolute Gasteiger partial charge is 0.312 e. The monoisotopic (exact) mass is 402 g/mol. The molecule has 0 aliphatic carbocycles. The molecular formula is C20H19ClN2O5. The predicted octanol–water partition coefficient (Wildman–Crippen LogP) is 3.91. The van der Waals surface area contributed by atoms with E-state index in [9.17, 15) is 9.59 Å². The van der Waals surface area contributed by atoms with Gasteiger partial charge < -0.3 is 19.3 Å². The molecule has 0 saturated carbocycles. The first-order valence-corrected chi connectivity index (χ1v) is 8.94. The molecule has 0 bridgehead atoms. The number of amides is 1. The van der Waals surface area contributed by atoms with Crippen LogP contribution in [0.5, 0.6) is 5.75 Å². The van der Waals surface area contributed by atoms with Crippen LogP contribution in [-0.4, -0.2) is 30.2 Å². The molecule has 1 aromatic heterocycles. The van der Waals surface area contributed by atoms with Crippen LogP contribution < -0.4 is 10.1 Å². The number of hydrogen-bond acceptors (Lipinski definition) is 6. The molecule has 0 aliphatic heterocycles. The lowest BCUT2D eigenvalue weighted by Gasteiger charge is -2.16. The summed E-state index contributed by atoms with van der Waals surface area (Å²) in [5.74, 6) is -0.657. The summed E-state index contributed by atoms with van der Waals surface area (Å²) in [6.07, 6.45) is -1.11. The van der Waals surface area contributed by atoms with E-state index in [4.69, 9.17) is 25.6 Å². The van der Waals surface area contributed by atoms with E-state index in [1.54, 1.807) is 24.3 Å². The van der Waals surface area contributed by atoms with Crippen molar-refractivity contribution in [2.75, 3.05) is 12.4 Å². The molecular weight excluding hydrogens is 384 g/mol. The summed E-state index contributed by atoms with van der Waals surface area (Å²) in [4.78, 5) is 24.6. The zero-order valence-corrected chi connectivity index (χ0v) is 16.4. The van der Waals surface area contributed by atoms with E-state index in [1.807, 2.05) is 19.1 Å². The third-order valence-electron chi connectivity index (χ3n) is 4.18. The van der Waals surface area contributed by atoms with Crippen molar-refractivity contribution in [3.63, 3.8) is 0 Å². The van der Waals surface area contributed by atoms with Crippen LogP contribution in [0.4, 0.5) is 5.69 Å². The number of aryl methyl sites for hydroxylation is 1. The van der Waals surface area contributed by atoms with E-state index in [-0.39, 0.29) is 6.42 Å². The number of rotatable bonds is 6. The first-order valence-electron chi connectivity index (χ1n) is 8.56. The maximum atomic E-state index is 12.4.